The fourth-order valence-electron chi connectivity index (χ4n) is 1.57. The van der Waals surface area contributed by atoms with Crippen LogP contribution in [0.4, 0.5) is 0 Å². The Labute approximate surface area is 90.0 Å². The summed E-state index contributed by atoms with van der Waals surface area (Å²) in [6.07, 6.45) is 0.702. The van der Waals surface area contributed by atoms with Crippen LogP contribution in [-0.4, -0.2) is 43.4 Å². The van der Waals surface area contributed by atoms with Crippen molar-refractivity contribution in [1.82, 2.24) is 5.32 Å². The number of aliphatic hydroxyl groups excluding tert-OH is 1. The molecule has 0 saturated carbocycles. The van der Waals surface area contributed by atoms with Crippen LogP contribution in [0.3, 0.4) is 0 Å². The molecule has 0 bridgehead atoms. The predicted molar refractivity (Wildman–Crippen MR) is 56.2 cm³/mol. The molecule has 4 N–H and O–H groups in total. The molecule has 1 heterocycles. The highest BCUT2D eigenvalue weighted by atomic mass is 16.5. The summed E-state index contributed by atoms with van der Waals surface area (Å²) in [6, 6.07) is -0.182. The average Bonchev–Trinajstić information content (AvgIpc) is 2.61. The summed E-state index contributed by atoms with van der Waals surface area (Å²) < 4.78 is 5.12. The third kappa shape index (κ3) is 3.77. The van der Waals surface area contributed by atoms with Crippen molar-refractivity contribution in [2.75, 3.05) is 26.4 Å². The minimum atomic E-state index is -0.216. The Bertz CT molecular complexity index is 211. The van der Waals surface area contributed by atoms with Crippen LogP contribution in [0.5, 0.6) is 0 Å². The van der Waals surface area contributed by atoms with Gasteiger partial charge in [-0.05, 0) is 12.3 Å². The molecule has 0 aromatic carbocycles. The summed E-state index contributed by atoms with van der Waals surface area (Å²) in [5, 5.41) is 11.5. The van der Waals surface area contributed by atoms with Crippen LogP contribution >= 0.6 is 0 Å². The first-order chi connectivity index (χ1) is 7.15. The van der Waals surface area contributed by atoms with Crippen LogP contribution in [0.1, 0.15) is 13.3 Å². The molecule has 0 aliphatic carbocycles. The Morgan fingerprint density at radius 1 is 1.67 bits per heavy atom. The molecule has 0 aromatic rings. The molecule has 3 atom stereocenters. The molecule has 5 heteroatoms. The van der Waals surface area contributed by atoms with Gasteiger partial charge in [0.2, 0.25) is 5.91 Å². The number of rotatable bonds is 5. The number of aliphatic hydroxyl groups is 1. The Hall–Kier alpha value is -0.650. The van der Waals surface area contributed by atoms with Gasteiger partial charge >= 0.3 is 0 Å². The molecule has 0 aromatic heterocycles. The second-order valence-corrected chi connectivity index (χ2v) is 4.17. The Morgan fingerprint density at radius 3 is 2.93 bits per heavy atom. The lowest BCUT2D eigenvalue weighted by Crippen LogP contribution is -2.42. The zero-order chi connectivity index (χ0) is 11.3. The van der Waals surface area contributed by atoms with Gasteiger partial charge in [-0.25, -0.2) is 0 Å². The molecular formula is C10H20N2O3. The third-order valence-electron chi connectivity index (χ3n) is 2.71. The first kappa shape index (κ1) is 12.4. The second-order valence-electron chi connectivity index (χ2n) is 4.17. The normalized spacial score (nSPS) is 27.7. The van der Waals surface area contributed by atoms with Crippen LogP contribution < -0.4 is 11.1 Å². The second kappa shape index (κ2) is 6.05. The number of carbonyl (C=O) groups excluding carboxylic acids is 1. The number of hydrogen-bond donors (Lipinski definition) is 3. The first-order valence-electron chi connectivity index (χ1n) is 5.37. The average molecular weight is 216 g/mol. The van der Waals surface area contributed by atoms with E-state index in [0.29, 0.717) is 26.2 Å². The van der Waals surface area contributed by atoms with E-state index in [-0.39, 0.29) is 30.4 Å². The van der Waals surface area contributed by atoms with Gasteiger partial charge in [0.25, 0.3) is 0 Å². The van der Waals surface area contributed by atoms with Crippen molar-refractivity contribution in [2.45, 2.75) is 19.4 Å². The molecule has 15 heavy (non-hydrogen) atoms. The van der Waals surface area contributed by atoms with Crippen LogP contribution in [-0.2, 0) is 9.53 Å². The maximum Gasteiger partial charge on any atom is 0.227 e. The molecule has 3 unspecified atom stereocenters. The summed E-state index contributed by atoms with van der Waals surface area (Å²) in [5.41, 5.74) is 5.72. The Kier molecular flexibility index (Phi) is 5.01. The van der Waals surface area contributed by atoms with Crippen molar-refractivity contribution in [3.63, 3.8) is 0 Å². The van der Waals surface area contributed by atoms with Gasteiger partial charge in [-0.2, -0.15) is 0 Å². The highest BCUT2D eigenvalue weighted by molar-refractivity contribution is 5.79. The van der Waals surface area contributed by atoms with E-state index >= 15 is 0 Å². The molecule has 1 aliphatic rings. The van der Waals surface area contributed by atoms with Gasteiger partial charge < -0.3 is 20.9 Å². The highest BCUT2D eigenvalue weighted by Gasteiger charge is 2.31. The zero-order valence-corrected chi connectivity index (χ0v) is 9.11. The fraction of sp³-hybridized carbons (Fsp3) is 0.900. The lowest BCUT2D eigenvalue weighted by Gasteiger charge is -2.15. The summed E-state index contributed by atoms with van der Waals surface area (Å²) in [6.45, 7) is 3.61. The summed E-state index contributed by atoms with van der Waals surface area (Å²) in [5.74, 6) is 0.0358. The van der Waals surface area contributed by atoms with E-state index in [1.807, 2.05) is 6.92 Å². The largest absolute Gasteiger partial charge is 0.396 e. The topological polar surface area (TPSA) is 84.6 Å². The van der Waals surface area contributed by atoms with Gasteiger partial charge in [0.1, 0.15) is 0 Å². The van der Waals surface area contributed by atoms with Crippen LogP contribution in [0.25, 0.3) is 0 Å². The van der Waals surface area contributed by atoms with Crippen molar-refractivity contribution in [3.05, 3.63) is 0 Å². The molecule has 1 fully saturated rings. The minimum Gasteiger partial charge on any atom is -0.396 e. The van der Waals surface area contributed by atoms with Gasteiger partial charge in [-0.1, -0.05) is 6.92 Å². The summed E-state index contributed by atoms with van der Waals surface area (Å²) >= 11 is 0. The van der Waals surface area contributed by atoms with Crippen LogP contribution in [0.15, 0.2) is 0 Å². The van der Waals surface area contributed by atoms with Crippen molar-refractivity contribution in [3.8, 4) is 0 Å². The Balaban J connectivity index is 2.23. The fourth-order valence-corrected chi connectivity index (χ4v) is 1.57. The van der Waals surface area contributed by atoms with Crippen molar-refractivity contribution >= 4 is 5.91 Å². The molecule has 1 amide bonds. The molecule has 88 valence electrons. The smallest absolute Gasteiger partial charge is 0.227 e. The van der Waals surface area contributed by atoms with E-state index in [9.17, 15) is 4.79 Å². The molecule has 1 rings (SSSR count). The summed E-state index contributed by atoms with van der Waals surface area (Å²) in [4.78, 5) is 11.6. The lowest BCUT2D eigenvalue weighted by atomic mass is 10.0. The quantitative estimate of drug-likeness (QED) is 0.556. The molecule has 0 radical (unpaired) electrons. The van der Waals surface area contributed by atoms with Gasteiger partial charge in [0, 0.05) is 19.2 Å². The molecule has 0 spiro atoms. The molecule has 1 aliphatic heterocycles. The standard InChI is InChI=1S/C10H20N2O3/c1-7(2-3-13)4-12-10(14)8-5-15-6-9(8)11/h7-9,13H,2-6,11H2,1H3,(H,12,14). The van der Waals surface area contributed by atoms with Crippen molar-refractivity contribution in [2.24, 2.45) is 17.6 Å². The maximum atomic E-state index is 11.6. The number of amides is 1. The highest BCUT2D eigenvalue weighted by Crippen LogP contribution is 2.11. The number of carbonyl (C=O) groups is 1. The zero-order valence-electron chi connectivity index (χ0n) is 9.11. The van der Waals surface area contributed by atoms with Crippen LogP contribution in [0.2, 0.25) is 0 Å². The summed E-state index contributed by atoms with van der Waals surface area (Å²) in [7, 11) is 0. The van der Waals surface area contributed by atoms with Gasteiger partial charge in [-0.15, -0.1) is 0 Å². The first-order valence-corrected chi connectivity index (χ1v) is 5.37. The van der Waals surface area contributed by atoms with Gasteiger partial charge in [-0.3, -0.25) is 4.79 Å². The van der Waals surface area contributed by atoms with Gasteiger partial charge in [0.15, 0.2) is 0 Å². The van der Waals surface area contributed by atoms with E-state index in [1.165, 1.54) is 0 Å². The molecule has 5 nitrogen and oxygen atoms in total. The SMILES string of the molecule is CC(CCO)CNC(=O)C1COCC1N. The van der Waals surface area contributed by atoms with Crippen LogP contribution in [0, 0.1) is 11.8 Å². The lowest BCUT2D eigenvalue weighted by molar-refractivity contribution is -0.125. The minimum absolute atomic E-state index is 0.0372. The monoisotopic (exact) mass is 216 g/mol. The maximum absolute atomic E-state index is 11.6. The number of ether oxygens (including phenoxy) is 1. The number of nitrogens with two attached hydrogens (primary N) is 1. The van der Waals surface area contributed by atoms with E-state index < -0.39 is 0 Å². The van der Waals surface area contributed by atoms with Crippen molar-refractivity contribution < 1.29 is 14.6 Å². The van der Waals surface area contributed by atoms with E-state index in [2.05, 4.69) is 5.32 Å². The number of hydrogen-bond acceptors (Lipinski definition) is 4. The van der Waals surface area contributed by atoms with E-state index in [0.717, 1.165) is 0 Å². The van der Waals surface area contributed by atoms with E-state index in [4.69, 9.17) is 15.6 Å². The Morgan fingerprint density at radius 2 is 2.40 bits per heavy atom. The predicted octanol–water partition coefficient (Wildman–Crippen LogP) is -0.905. The van der Waals surface area contributed by atoms with Crippen molar-refractivity contribution in [1.29, 1.82) is 0 Å². The molecule has 1 saturated heterocycles. The number of nitrogens with one attached hydrogen (secondary N) is 1. The third-order valence-corrected chi connectivity index (χ3v) is 2.71. The van der Waals surface area contributed by atoms with E-state index in [1.54, 1.807) is 0 Å². The molecular weight excluding hydrogens is 196 g/mol. The van der Waals surface area contributed by atoms with Gasteiger partial charge in [0.05, 0.1) is 19.1 Å².